The molecule has 0 spiro atoms. The van der Waals surface area contributed by atoms with Gasteiger partial charge in [0, 0.05) is 19.3 Å². The van der Waals surface area contributed by atoms with Crippen molar-refractivity contribution in [1.82, 2.24) is 9.97 Å². The van der Waals surface area contributed by atoms with Gasteiger partial charge >= 0.3 is 0 Å². The highest BCUT2D eigenvalue weighted by Gasteiger charge is 2.13. The molecule has 1 aromatic heterocycles. The van der Waals surface area contributed by atoms with E-state index in [2.05, 4.69) is 27.5 Å². The number of anilines is 2. The third kappa shape index (κ3) is 5.05. The van der Waals surface area contributed by atoms with Crippen LogP contribution in [0.15, 0.2) is 12.3 Å². The van der Waals surface area contributed by atoms with Crippen LogP contribution in [0.25, 0.3) is 0 Å². The predicted molar refractivity (Wildman–Crippen MR) is 80.5 cm³/mol. The molecule has 0 saturated heterocycles. The number of rotatable bonds is 7. The van der Waals surface area contributed by atoms with Crippen LogP contribution in [0.1, 0.15) is 51.9 Å². The number of aromatic nitrogens is 2. The van der Waals surface area contributed by atoms with E-state index < -0.39 is 0 Å². The summed E-state index contributed by atoms with van der Waals surface area (Å²) in [5.41, 5.74) is 0. The summed E-state index contributed by atoms with van der Waals surface area (Å²) in [6.45, 7) is 4.18. The molecule has 1 aliphatic carbocycles. The average molecular weight is 262 g/mol. The molecule has 0 unspecified atom stereocenters. The van der Waals surface area contributed by atoms with Gasteiger partial charge in [-0.05, 0) is 31.2 Å². The smallest absolute Gasteiger partial charge is 0.224 e. The van der Waals surface area contributed by atoms with Crippen molar-refractivity contribution in [2.45, 2.75) is 51.9 Å². The first-order chi connectivity index (χ1) is 9.38. The number of nitrogens with one attached hydrogen (secondary N) is 2. The van der Waals surface area contributed by atoms with Crippen molar-refractivity contribution >= 4 is 11.8 Å². The molecule has 106 valence electrons. The molecule has 19 heavy (non-hydrogen) atoms. The van der Waals surface area contributed by atoms with Crippen LogP contribution in [0.2, 0.25) is 0 Å². The Bertz CT molecular complexity index is 361. The molecule has 1 fully saturated rings. The van der Waals surface area contributed by atoms with Crippen LogP contribution >= 0.6 is 0 Å². The van der Waals surface area contributed by atoms with Gasteiger partial charge in [-0.2, -0.15) is 4.98 Å². The molecule has 4 nitrogen and oxygen atoms in total. The van der Waals surface area contributed by atoms with Gasteiger partial charge in [0.15, 0.2) is 0 Å². The summed E-state index contributed by atoms with van der Waals surface area (Å²) in [6, 6.07) is 1.95. The molecule has 0 amide bonds. The minimum atomic E-state index is 0.738. The molecule has 0 bridgehead atoms. The van der Waals surface area contributed by atoms with E-state index in [0.717, 1.165) is 37.2 Å². The van der Waals surface area contributed by atoms with E-state index in [1.807, 2.05) is 12.3 Å². The highest BCUT2D eigenvalue weighted by molar-refractivity contribution is 5.39. The van der Waals surface area contributed by atoms with Gasteiger partial charge in [-0.3, -0.25) is 0 Å². The Hall–Kier alpha value is -1.32. The molecular formula is C15H26N4. The topological polar surface area (TPSA) is 49.8 Å². The molecule has 1 aliphatic rings. The zero-order chi connectivity index (χ0) is 13.3. The van der Waals surface area contributed by atoms with Gasteiger partial charge in [-0.15, -0.1) is 0 Å². The zero-order valence-corrected chi connectivity index (χ0v) is 12.0. The molecule has 1 heterocycles. The van der Waals surface area contributed by atoms with E-state index in [1.54, 1.807) is 0 Å². The highest BCUT2D eigenvalue weighted by atomic mass is 15.1. The molecule has 2 rings (SSSR count). The van der Waals surface area contributed by atoms with Gasteiger partial charge in [-0.1, -0.05) is 32.6 Å². The molecule has 4 heteroatoms. The lowest BCUT2D eigenvalue weighted by atomic mass is 9.89. The molecule has 1 aromatic rings. The third-order valence-corrected chi connectivity index (χ3v) is 3.77. The lowest BCUT2D eigenvalue weighted by molar-refractivity contribution is 0.373. The van der Waals surface area contributed by atoms with Crippen molar-refractivity contribution in [2.24, 2.45) is 5.92 Å². The Labute approximate surface area is 116 Å². The average Bonchev–Trinajstić information content (AvgIpc) is 2.47. The minimum absolute atomic E-state index is 0.738. The molecule has 0 aliphatic heterocycles. The fraction of sp³-hybridized carbons (Fsp3) is 0.733. The van der Waals surface area contributed by atoms with Crippen LogP contribution in [0.4, 0.5) is 11.8 Å². The Kier molecular flexibility index (Phi) is 5.92. The molecule has 2 N–H and O–H groups in total. The Morgan fingerprint density at radius 3 is 2.84 bits per heavy atom. The lowest BCUT2D eigenvalue weighted by Crippen LogP contribution is -2.18. The second-order valence-corrected chi connectivity index (χ2v) is 5.43. The number of hydrogen-bond donors (Lipinski definition) is 2. The van der Waals surface area contributed by atoms with Crippen molar-refractivity contribution in [2.75, 3.05) is 23.7 Å². The van der Waals surface area contributed by atoms with Gasteiger partial charge in [-0.25, -0.2) is 4.98 Å². The molecular weight excluding hydrogens is 236 g/mol. The SMILES string of the molecule is CCCCNc1nccc(NCC2CCCCC2)n1. The maximum Gasteiger partial charge on any atom is 0.224 e. The Balaban J connectivity index is 1.77. The number of nitrogens with zero attached hydrogens (tertiary/aromatic N) is 2. The molecule has 0 atom stereocenters. The fourth-order valence-corrected chi connectivity index (χ4v) is 2.56. The normalized spacial score (nSPS) is 16.3. The molecule has 0 radical (unpaired) electrons. The van der Waals surface area contributed by atoms with Crippen LogP contribution < -0.4 is 10.6 Å². The Morgan fingerprint density at radius 1 is 1.21 bits per heavy atom. The lowest BCUT2D eigenvalue weighted by Gasteiger charge is -2.22. The first-order valence-electron chi connectivity index (χ1n) is 7.69. The summed E-state index contributed by atoms with van der Waals surface area (Å²) in [5.74, 6) is 2.50. The van der Waals surface area contributed by atoms with E-state index in [4.69, 9.17) is 0 Å². The van der Waals surface area contributed by atoms with Crippen molar-refractivity contribution in [3.63, 3.8) is 0 Å². The van der Waals surface area contributed by atoms with Crippen LogP contribution in [0.3, 0.4) is 0 Å². The van der Waals surface area contributed by atoms with Gasteiger partial charge in [0.1, 0.15) is 5.82 Å². The summed E-state index contributed by atoms with van der Waals surface area (Å²) in [5, 5.41) is 6.72. The quantitative estimate of drug-likeness (QED) is 0.736. The first kappa shape index (κ1) is 14.1. The van der Waals surface area contributed by atoms with Gasteiger partial charge in [0.2, 0.25) is 5.95 Å². The van der Waals surface area contributed by atoms with Crippen LogP contribution in [0, 0.1) is 5.92 Å². The van der Waals surface area contributed by atoms with E-state index in [-0.39, 0.29) is 0 Å². The maximum atomic E-state index is 4.50. The summed E-state index contributed by atoms with van der Waals surface area (Å²) < 4.78 is 0. The van der Waals surface area contributed by atoms with Crippen molar-refractivity contribution < 1.29 is 0 Å². The van der Waals surface area contributed by atoms with Crippen molar-refractivity contribution in [1.29, 1.82) is 0 Å². The predicted octanol–water partition coefficient (Wildman–Crippen LogP) is 3.68. The summed E-state index contributed by atoms with van der Waals surface area (Å²) in [6.07, 6.45) is 11.1. The third-order valence-electron chi connectivity index (χ3n) is 3.77. The van der Waals surface area contributed by atoms with E-state index in [1.165, 1.54) is 38.5 Å². The summed E-state index contributed by atoms with van der Waals surface area (Å²) in [4.78, 5) is 8.74. The van der Waals surface area contributed by atoms with Crippen LogP contribution in [-0.2, 0) is 0 Å². The highest BCUT2D eigenvalue weighted by Crippen LogP contribution is 2.23. The van der Waals surface area contributed by atoms with Crippen molar-refractivity contribution in [3.8, 4) is 0 Å². The van der Waals surface area contributed by atoms with E-state index >= 15 is 0 Å². The maximum absolute atomic E-state index is 4.50. The zero-order valence-electron chi connectivity index (χ0n) is 12.0. The van der Waals surface area contributed by atoms with E-state index in [9.17, 15) is 0 Å². The summed E-state index contributed by atoms with van der Waals surface area (Å²) in [7, 11) is 0. The second kappa shape index (κ2) is 7.97. The standard InChI is InChI=1S/C15H26N4/c1-2-3-10-16-15-17-11-9-14(19-15)18-12-13-7-5-4-6-8-13/h9,11,13H,2-8,10,12H2,1H3,(H2,16,17,18,19). The van der Waals surface area contributed by atoms with Crippen LogP contribution in [0.5, 0.6) is 0 Å². The number of hydrogen-bond acceptors (Lipinski definition) is 4. The largest absolute Gasteiger partial charge is 0.370 e. The number of unbranched alkanes of at least 4 members (excludes halogenated alkanes) is 1. The molecule has 0 aromatic carbocycles. The second-order valence-electron chi connectivity index (χ2n) is 5.43. The van der Waals surface area contributed by atoms with Crippen molar-refractivity contribution in [3.05, 3.63) is 12.3 Å². The van der Waals surface area contributed by atoms with E-state index in [0.29, 0.717) is 0 Å². The first-order valence-corrected chi connectivity index (χ1v) is 7.69. The van der Waals surface area contributed by atoms with Crippen LogP contribution in [-0.4, -0.2) is 23.1 Å². The summed E-state index contributed by atoms with van der Waals surface area (Å²) >= 11 is 0. The Morgan fingerprint density at radius 2 is 2.05 bits per heavy atom. The van der Waals surface area contributed by atoms with Gasteiger partial charge in [0.05, 0.1) is 0 Å². The minimum Gasteiger partial charge on any atom is -0.370 e. The monoisotopic (exact) mass is 262 g/mol. The van der Waals surface area contributed by atoms with Gasteiger partial charge in [0.25, 0.3) is 0 Å². The fourth-order valence-electron chi connectivity index (χ4n) is 2.56. The van der Waals surface area contributed by atoms with Gasteiger partial charge < -0.3 is 10.6 Å². The molecule has 1 saturated carbocycles.